The number of nitrogens with two attached hydrogens (primary N) is 1. The first-order valence-electron chi connectivity index (χ1n) is 6.05. The van der Waals surface area contributed by atoms with Gasteiger partial charge in [0.1, 0.15) is 10.6 Å². The first-order chi connectivity index (χ1) is 9.84. The molecule has 1 rings (SSSR count). The number of methoxy groups -OCH3 is 1. The van der Waals surface area contributed by atoms with Gasteiger partial charge in [-0.2, -0.15) is 0 Å². The van der Waals surface area contributed by atoms with Crippen molar-refractivity contribution in [2.24, 2.45) is 5.14 Å². The van der Waals surface area contributed by atoms with Gasteiger partial charge in [0.2, 0.25) is 10.0 Å². The molecule has 1 aromatic rings. The lowest BCUT2D eigenvalue weighted by molar-refractivity contribution is -0.123. The van der Waals surface area contributed by atoms with Gasteiger partial charge in [0.25, 0.3) is 5.91 Å². The molecule has 7 nitrogen and oxygen atoms in total. The lowest BCUT2D eigenvalue weighted by Gasteiger charge is -2.10. The van der Waals surface area contributed by atoms with Crippen molar-refractivity contribution < 1.29 is 22.7 Å². The molecule has 0 bridgehead atoms. The topological polar surface area (TPSA) is 108 Å². The van der Waals surface area contributed by atoms with Crippen LogP contribution in [0.25, 0.3) is 0 Å². The largest absolute Gasteiger partial charge is 0.482 e. The maximum atomic E-state index is 11.5. The highest BCUT2D eigenvalue weighted by Gasteiger charge is 2.16. The Morgan fingerprint density at radius 2 is 2.14 bits per heavy atom. The van der Waals surface area contributed by atoms with Gasteiger partial charge in [-0.05, 0) is 24.6 Å². The average molecular weight is 337 g/mol. The molecule has 21 heavy (non-hydrogen) atoms. The third-order valence-corrected chi connectivity index (χ3v) is 3.59. The van der Waals surface area contributed by atoms with Crippen molar-refractivity contribution in [2.45, 2.75) is 11.3 Å². The van der Waals surface area contributed by atoms with Crippen molar-refractivity contribution in [3.05, 3.63) is 23.2 Å². The zero-order valence-corrected chi connectivity index (χ0v) is 13.0. The molecule has 0 atom stereocenters. The molecule has 0 radical (unpaired) electrons. The Morgan fingerprint density at radius 3 is 2.76 bits per heavy atom. The highest BCUT2D eigenvalue weighted by Crippen LogP contribution is 2.26. The van der Waals surface area contributed by atoms with Crippen LogP contribution in [0, 0.1) is 0 Å². The number of benzene rings is 1. The highest BCUT2D eigenvalue weighted by molar-refractivity contribution is 7.89. The van der Waals surface area contributed by atoms with Crippen molar-refractivity contribution in [1.82, 2.24) is 5.32 Å². The summed E-state index contributed by atoms with van der Waals surface area (Å²) in [5, 5.41) is 7.88. The zero-order chi connectivity index (χ0) is 15.9. The number of nitrogens with one attached hydrogen (secondary N) is 1. The van der Waals surface area contributed by atoms with Crippen LogP contribution >= 0.6 is 11.6 Å². The summed E-state index contributed by atoms with van der Waals surface area (Å²) in [7, 11) is -2.42. The van der Waals surface area contributed by atoms with Gasteiger partial charge in [0.05, 0.1) is 0 Å². The second-order valence-corrected chi connectivity index (χ2v) is 6.09. The minimum Gasteiger partial charge on any atom is -0.482 e. The van der Waals surface area contributed by atoms with Gasteiger partial charge in [0.15, 0.2) is 6.61 Å². The van der Waals surface area contributed by atoms with Crippen LogP contribution in [0.5, 0.6) is 5.75 Å². The summed E-state index contributed by atoms with van der Waals surface area (Å²) in [5.74, 6) is -0.393. The van der Waals surface area contributed by atoms with E-state index in [1.807, 2.05) is 0 Å². The number of primary sulfonamides is 1. The summed E-state index contributed by atoms with van der Waals surface area (Å²) in [5.41, 5.74) is 0. The number of hydrogen-bond donors (Lipinski definition) is 2. The van der Waals surface area contributed by atoms with Crippen LogP contribution in [0.3, 0.4) is 0 Å². The molecular formula is C12H17ClN2O5S. The highest BCUT2D eigenvalue weighted by atomic mass is 35.5. The molecule has 3 N–H and O–H groups in total. The summed E-state index contributed by atoms with van der Waals surface area (Å²) < 4.78 is 32.9. The number of ether oxygens (including phenoxy) is 2. The Kier molecular flexibility index (Phi) is 6.90. The fourth-order valence-corrected chi connectivity index (χ4v) is 2.40. The third-order valence-electron chi connectivity index (χ3n) is 2.42. The monoisotopic (exact) mass is 336 g/mol. The smallest absolute Gasteiger partial charge is 0.257 e. The first-order valence-corrected chi connectivity index (χ1v) is 7.98. The Bertz CT molecular complexity index is 591. The number of amides is 1. The van der Waals surface area contributed by atoms with Gasteiger partial charge < -0.3 is 14.8 Å². The number of carbonyl (C=O) groups is 1. The number of rotatable bonds is 8. The SMILES string of the molecule is COCCCNC(=O)COc1ccc(Cl)cc1S(N)(=O)=O. The fraction of sp³-hybridized carbons (Fsp3) is 0.417. The molecule has 0 spiro atoms. The van der Waals surface area contributed by atoms with E-state index < -0.39 is 10.0 Å². The molecule has 0 saturated heterocycles. The van der Waals surface area contributed by atoms with E-state index in [0.29, 0.717) is 19.6 Å². The second-order valence-electron chi connectivity index (χ2n) is 4.12. The van der Waals surface area contributed by atoms with E-state index in [1.54, 1.807) is 7.11 Å². The van der Waals surface area contributed by atoms with E-state index in [0.717, 1.165) is 0 Å². The number of sulfonamides is 1. The molecule has 0 fully saturated rings. The fourth-order valence-electron chi connectivity index (χ4n) is 1.46. The molecule has 0 aliphatic carbocycles. The number of carbonyl (C=O) groups excluding carboxylic acids is 1. The predicted octanol–water partition coefficient (Wildman–Crippen LogP) is 0.519. The minimum absolute atomic E-state index is 0.0195. The van der Waals surface area contributed by atoms with Gasteiger partial charge in [-0.3, -0.25) is 4.79 Å². The van der Waals surface area contributed by atoms with Crippen molar-refractivity contribution in [3.8, 4) is 5.75 Å². The lowest BCUT2D eigenvalue weighted by Crippen LogP contribution is -2.30. The zero-order valence-electron chi connectivity index (χ0n) is 11.5. The Hall–Kier alpha value is -1.35. The quantitative estimate of drug-likeness (QED) is 0.673. The molecule has 118 valence electrons. The van der Waals surface area contributed by atoms with Crippen LogP contribution in [0.15, 0.2) is 23.1 Å². The van der Waals surface area contributed by atoms with E-state index in [2.05, 4.69) is 5.32 Å². The molecular weight excluding hydrogens is 320 g/mol. The van der Waals surface area contributed by atoms with Crippen molar-refractivity contribution in [2.75, 3.05) is 26.9 Å². The molecule has 9 heteroatoms. The van der Waals surface area contributed by atoms with E-state index in [1.165, 1.54) is 18.2 Å². The Morgan fingerprint density at radius 1 is 1.43 bits per heavy atom. The molecule has 0 aliphatic heterocycles. The molecule has 1 aromatic carbocycles. The summed E-state index contributed by atoms with van der Waals surface area (Å²) in [6, 6.07) is 3.96. The van der Waals surface area contributed by atoms with Crippen LogP contribution < -0.4 is 15.2 Å². The normalized spacial score (nSPS) is 11.2. The second kappa shape index (κ2) is 8.18. The van der Waals surface area contributed by atoms with Crippen LogP contribution in [-0.2, 0) is 19.6 Å². The van der Waals surface area contributed by atoms with Gasteiger partial charge >= 0.3 is 0 Å². The molecule has 1 amide bonds. The summed E-state index contributed by atoms with van der Waals surface area (Å²) in [4.78, 5) is 11.3. The minimum atomic E-state index is -3.99. The predicted molar refractivity (Wildman–Crippen MR) is 77.8 cm³/mol. The maximum Gasteiger partial charge on any atom is 0.257 e. The average Bonchev–Trinajstić information content (AvgIpc) is 2.41. The molecule has 0 unspecified atom stereocenters. The van der Waals surface area contributed by atoms with Crippen molar-refractivity contribution in [3.63, 3.8) is 0 Å². The van der Waals surface area contributed by atoms with E-state index in [4.69, 9.17) is 26.2 Å². The molecule has 0 aromatic heterocycles. The number of hydrogen-bond acceptors (Lipinski definition) is 5. The Balaban J connectivity index is 2.61. The van der Waals surface area contributed by atoms with Gasteiger partial charge in [-0.25, -0.2) is 13.6 Å². The van der Waals surface area contributed by atoms with Gasteiger partial charge in [0, 0.05) is 25.3 Å². The van der Waals surface area contributed by atoms with Crippen LogP contribution in [0.1, 0.15) is 6.42 Å². The third kappa shape index (κ3) is 6.30. The Labute approximate surface area is 128 Å². The maximum absolute atomic E-state index is 11.5. The van der Waals surface area contributed by atoms with Crippen LogP contribution in [0.2, 0.25) is 5.02 Å². The van der Waals surface area contributed by atoms with Crippen molar-refractivity contribution >= 4 is 27.5 Å². The summed E-state index contributed by atoms with van der Waals surface area (Å²) in [6.07, 6.45) is 0.672. The molecule has 0 saturated carbocycles. The lowest BCUT2D eigenvalue weighted by atomic mass is 10.3. The standard InChI is InChI=1S/C12H17ClN2O5S/c1-19-6-2-5-15-12(16)8-20-10-4-3-9(13)7-11(10)21(14,17)18/h3-4,7H,2,5-6,8H2,1H3,(H,15,16)(H2,14,17,18). The summed E-state index contributed by atoms with van der Waals surface area (Å²) >= 11 is 5.72. The van der Waals surface area contributed by atoms with Crippen LogP contribution in [-0.4, -0.2) is 41.2 Å². The van der Waals surface area contributed by atoms with E-state index in [-0.39, 0.29) is 28.2 Å². The van der Waals surface area contributed by atoms with Gasteiger partial charge in [-0.15, -0.1) is 0 Å². The van der Waals surface area contributed by atoms with E-state index >= 15 is 0 Å². The first kappa shape index (κ1) is 17.7. The number of halogens is 1. The molecule has 0 aliphatic rings. The van der Waals surface area contributed by atoms with Crippen molar-refractivity contribution in [1.29, 1.82) is 0 Å². The van der Waals surface area contributed by atoms with Crippen LogP contribution in [0.4, 0.5) is 0 Å². The van der Waals surface area contributed by atoms with Gasteiger partial charge in [-0.1, -0.05) is 11.6 Å². The summed E-state index contributed by atoms with van der Waals surface area (Å²) in [6.45, 7) is 0.656. The molecule has 0 heterocycles. The van der Waals surface area contributed by atoms with E-state index in [9.17, 15) is 13.2 Å².